The summed E-state index contributed by atoms with van der Waals surface area (Å²) in [6.07, 6.45) is 2.85. The summed E-state index contributed by atoms with van der Waals surface area (Å²) in [5, 5.41) is 0. The van der Waals surface area contributed by atoms with Gasteiger partial charge in [0, 0.05) is 6.04 Å². The van der Waals surface area contributed by atoms with Crippen LogP contribution in [-0.4, -0.2) is 18.9 Å². The molecule has 4 heteroatoms. The highest BCUT2D eigenvalue weighted by Crippen LogP contribution is 2.29. The SMILES string of the molecule is COc1cc2c(cc1C(C)=O)CC(N)CC2.Cl. The average Bonchev–Trinajstić information content (AvgIpc) is 2.27. The van der Waals surface area contributed by atoms with Gasteiger partial charge < -0.3 is 10.5 Å². The van der Waals surface area contributed by atoms with Crippen LogP contribution in [0.2, 0.25) is 0 Å². The second kappa shape index (κ2) is 5.52. The molecule has 0 radical (unpaired) electrons. The van der Waals surface area contributed by atoms with E-state index in [9.17, 15) is 4.79 Å². The van der Waals surface area contributed by atoms with E-state index in [1.807, 2.05) is 12.1 Å². The summed E-state index contributed by atoms with van der Waals surface area (Å²) >= 11 is 0. The van der Waals surface area contributed by atoms with Crippen molar-refractivity contribution in [3.8, 4) is 5.75 Å². The highest BCUT2D eigenvalue weighted by atomic mass is 35.5. The summed E-state index contributed by atoms with van der Waals surface area (Å²) in [4.78, 5) is 11.5. The van der Waals surface area contributed by atoms with Crippen LogP contribution in [0.25, 0.3) is 0 Å². The number of fused-ring (bicyclic) bond motifs is 1. The molecule has 1 aliphatic rings. The van der Waals surface area contributed by atoms with Crippen LogP contribution in [0.3, 0.4) is 0 Å². The first kappa shape index (κ1) is 14.0. The van der Waals surface area contributed by atoms with Crippen molar-refractivity contribution in [2.24, 2.45) is 5.73 Å². The monoisotopic (exact) mass is 255 g/mol. The van der Waals surface area contributed by atoms with Gasteiger partial charge in [0.25, 0.3) is 0 Å². The third-order valence-corrected chi connectivity index (χ3v) is 3.17. The molecule has 0 fully saturated rings. The second-order valence-corrected chi connectivity index (χ2v) is 4.38. The first-order valence-electron chi connectivity index (χ1n) is 5.58. The zero-order valence-electron chi connectivity index (χ0n) is 10.2. The van der Waals surface area contributed by atoms with E-state index in [1.54, 1.807) is 14.0 Å². The van der Waals surface area contributed by atoms with E-state index >= 15 is 0 Å². The summed E-state index contributed by atoms with van der Waals surface area (Å²) < 4.78 is 5.25. The molecule has 2 rings (SSSR count). The molecule has 0 bridgehead atoms. The van der Waals surface area contributed by atoms with Crippen molar-refractivity contribution in [1.29, 1.82) is 0 Å². The van der Waals surface area contributed by atoms with Crippen molar-refractivity contribution in [3.05, 3.63) is 28.8 Å². The van der Waals surface area contributed by atoms with Crippen molar-refractivity contribution < 1.29 is 9.53 Å². The number of benzene rings is 1. The van der Waals surface area contributed by atoms with Gasteiger partial charge in [-0.25, -0.2) is 0 Å². The Kier molecular flexibility index (Phi) is 4.54. The predicted octanol–water partition coefficient (Wildman–Crippen LogP) is 2.14. The normalized spacial score (nSPS) is 17.9. The largest absolute Gasteiger partial charge is 0.496 e. The number of aryl methyl sites for hydroxylation is 1. The molecule has 0 spiro atoms. The zero-order valence-corrected chi connectivity index (χ0v) is 11.0. The maximum Gasteiger partial charge on any atom is 0.163 e. The number of ether oxygens (including phenoxy) is 1. The van der Waals surface area contributed by atoms with E-state index in [4.69, 9.17) is 10.5 Å². The van der Waals surface area contributed by atoms with Gasteiger partial charge in [-0.3, -0.25) is 4.79 Å². The number of rotatable bonds is 2. The third-order valence-electron chi connectivity index (χ3n) is 3.17. The number of nitrogens with two attached hydrogens (primary N) is 1. The summed E-state index contributed by atoms with van der Waals surface area (Å²) in [7, 11) is 1.60. The Balaban J connectivity index is 0.00000144. The Morgan fingerprint density at radius 2 is 2.12 bits per heavy atom. The summed E-state index contributed by atoms with van der Waals surface area (Å²) in [5.74, 6) is 0.723. The van der Waals surface area contributed by atoms with Crippen molar-refractivity contribution in [1.82, 2.24) is 0 Å². The second-order valence-electron chi connectivity index (χ2n) is 4.38. The van der Waals surface area contributed by atoms with Crippen molar-refractivity contribution >= 4 is 18.2 Å². The molecule has 1 unspecified atom stereocenters. The maximum atomic E-state index is 11.5. The molecular weight excluding hydrogens is 238 g/mol. The fourth-order valence-corrected chi connectivity index (χ4v) is 2.26. The lowest BCUT2D eigenvalue weighted by Crippen LogP contribution is -2.28. The molecule has 1 aromatic carbocycles. The Labute approximate surface area is 108 Å². The van der Waals surface area contributed by atoms with Crippen molar-refractivity contribution in [3.63, 3.8) is 0 Å². The summed E-state index contributed by atoms with van der Waals surface area (Å²) in [6.45, 7) is 1.56. The molecule has 0 saturated carbocycles. The van der Waals surface area contributed by atoms with Crippen LogP contribution in [-0.2, 0) is 12.8 Å². The number of carbonyl (C=O) groups excluding carboxylic acids is 1. The Bertz CT molecular complexity index is 432. The number of halogens is 1. The smallest absolute Gasteiger partial charge is 0.163 e. The maximum absolute atomic E-state index is 11.5. The number of carbonyl (C=O) groups is 1. The summed E-state index contributed by atoms with van der Waals surface area (Å²) in [5.41, 5.74) is 9.06. The third kappa shape index (κ3) is 2.79. The van der Waals surface area contributed by atoms with Gasteiger partial charge in [0.05, 0.1) is 12.7 Å². The number of ketones is 1. The number of Topliss-reactive ketones (excluding diaryl/α,β-unsaturated/α-hetero) is 1. The Hall–Kier alpha value is -1.06. The van der Waals surface area contributed by atoms with Gasteiger partial charge in [-0.2, -0.15) is 0 Å². The number of hydrogen-bond donors (Lipinski definition) is 1. The molecule has 0 amide bonds. The van der Waals surface area contributed by atoms with E-state index in [-0.39, 0.29) is 24.2 Å². The van der Waals surface area contributed by atoms with Crippen LogP contribution in [0.1, 0.15) is 34.8 Å². The first-order chi connectivity index (χ1) is 7.61. The van der Waals surface area contributed by atoms with Gasteiger partial charge in [0.15, 0.2) is 5.78 Å². The molecule has 0 aliphatic heterocycles. The van der Waals surface area contributed by atoms with Gasteiger partial charge in [0.2, 0.25) is 0 Å². The quantitative estimate of drug-likeness (QED) is 0.824. The molecule has 3 nitrogen and oxygen atoms in total. The molecule has 1 atom stereocenters. The summed E-state index contributed by atoms with van der Waals surface area (Å²) in [6, 6.07) is 4.15. The van der Waals surface area contributed by atoms with E-state index in [0.717, 1.165) is 19.3 Å². The van der Waals surface area contributed by atoms with Crippen LogP contribution in [0, 0.1) is 0 Å². The molecular formula is C13H18ClNO2. The van der Waals surface area contributed by atoms with Crippen molar-refractivity contribution in [2.45, 2.75) is 32.2 Å². The lowest BCUT2D eigenvalue weighted by molar-refractivity contribution is 0.101. The first-order valence-corrected chi connectivity index (χ1v) is 5.58. The van der Waals surface area contributed by atoms with Crippen LogP contribution >= 0.6 is 12.4 Å². The molecule has 94 valence electrons. The minimum atomic E-state index is 0. The Morgan fingerprint density at radius 1 is 1.41 bits per heavy atom. The lowest BCUT2D eigenvalue weighted by Gasteiger charge is -2.23. The molecule has 1 aliphatic carbocycles. The van der Waals surface area contributed by atoms with Gasteiger partial charge in [-0.15, -0.1) is 12.4 Å². The molecule has 2 N–H and O–H groups in total. The van der Waals surface area contributed by atoms with Crippen molar-refractivity contribution in [2.75, 3.05) is 7.11 Å². The minimum Gasteiger partial charge on any atom is -0.496 e. The number of hydrogen-bond acceptors (Lipinski definition) is 3. The van der Waals surface area contributed by atoms with E-state index in [2.05, 4.69) is 0 Å². The van der Waals surface area contributed by atoms with E-state index in [1.165, 1.54) is 11.1 Å². The minimum absolute atomic E-state index is 0. The van der Waals surface area contributed by atoms with Gasteiger partial charge in [-0.1, -0.05) is 0 Å². The fourth-order valence-electron chi connectivity index (χ4n) is 2.26. The number of methoxy groups -OCH3 is 1. The van der Waals surface area contributed by atoms with Crippen LogP contribution < -0.4 is 10.5 Å². The topological polar surface area (TPSA) is 52.3 Å². The lowest BCUT2D eigenvalue weighted by atomic mass is 9.87. The molecule has 0 saturated heterocycles. The fraction of sp³-hybridized carbons (Fsp3) is 0.462. The zero-order chi connectivity index (χ0) is 11.7. The van der Waals surface area contributed by atoms with Crippen LogP contribution in [0.5, 0.6) is 5.75 Å². The highest BCUT2D eigenvalue weighted by molar-refractivity contribution is 5.97. The van der Waals surface area contributed by atoms with Crippen LogP contribution in [0.15, 0.2) is 12.1 Å². The molecule has 0 aromatic heterocycles. The van der Waals surface area contributed by atoms with E-state index in [0.29, 0.717) is 11.3 Å². The Morgan fingerprint density at radius 3 is 2.71 bits per heavy atom. The highest BCUT2D eigenvalue weighted by Gasteiger charge is 2.19. The van der Waals surface area contributed by atoms with Crippen LogP contribution in [0.4, 0.5) is 0 Å². The standard InChI is InChI=1S/C13H17NO2.ClH/c1-8(15)12-6-10-5-11(14)4-3-9(10)7-13(12)16-2;/h6-7,11H,3-5,14H2,1-2H3;1H. The predicted molar refractivity (Wildman–Crippen MR) is 70.2 cm³/mol. The van der Waals surface area contributed by atoms with Gasteiger partial charge in [0.1, 0.15) is 5.75 Å². The molecule has 17 heavy (non-hydrogen) atoms. The average molecular weight is 256 g/mol. The van der Waals surface area contributed by atoms with Gasteiger partial charge in [-0.05, 0) is 49.4 Å². The molecule has 1 aromatic rings. The molecule has 0 heterocycles. The van der Waals surface area contributed by atoms with E-state index < -0.39 is 0 Å². The van der Waals surface area contributed by atoms with Gasteiger partial charge >= 0.3 is 0 Å².